The van der Waals surface area contributed by atoms with Crippen LogP contribution in [0.25, 0.3) is 5.69 Å². The first-order valence-corrected chi connectivity index (χ1v) is 10.3. The quantitative estimate of drug-likeness (QED) is 0.694. The number of rotatable bonds is 4. The fourth-order valence-corrected chi connectivity index (χ4v) is 4.86. The van der Waals surface area contributed by atoms with Crippen LogP contribution in [0.1, 0.15) is 29.0 Å². The molecule has 0 aliphatic carbocycles. The molecule has 0 saturated carbocycles. The molecule has 150 valence electrons. The van der Waals surface area contributed by atoms with E-state index < -0.39 is 0 Å². The van der Waals surface area contributed by atoms with E-state index in [2.05, 4.69) is 5.32 Å². The van der Waals surface area contributed by atoms with Crippen LogP contribution in [0.15, 0.2) is 48.5 Å². The Morgan fingerprint density at radius 1 is 1.07 bits per heavy atom. The van der Waals surface area contributed by atoms with Crippen molar-refractivity contribution >= 4 is 23.5 Å². The summed E-state index contributed by atoms with van der Waals surface area (Å²) in [6.45, 7) is 3.91. The predicted octanol–water partition coefficient (Wildman–Crippen LogP) is 4.36. The number of carbonyl (C=O) groups excluding carboxylic acids is 1. The summed E-state index contributed by atoms with van der Waals surface area (Å²) in [6.07, 6.45) is 0. The fraction of sp³-hybridized carbons (Fsp3) is 0.273. The maximum atomic E-state index is 12.8. The molecule has 0 unspecified atom stereocenters. The number of fused-ring (bicyclic) bond motifs is 1. The minimum atomic E-state index is -0.218. The second-order valence-corrected chi connectivity index (χ2v) is 8.31. The summed E-state index contributed by atoms with van der Waals surface area (Å²) < 4.78 is 12.7. The highest BCUT2D eigenvalue weighted by Crippen LogP contribution is 2.47. The largest absolute Gasteiger partial charge is 0.493 e. The van der Waals surface area contributed by atoms with E-state index in [9.17, 15) is 4.79 Å². The van der Waals surface area contributed by atoms with Gasteiger partial charge in [-0.15, -0.1) is 11.8 Å². The third-order valence-corrected chi connectivity index (χ3v) is 6.43. The lowest BCUT2D eigenvalue weighted by Crippen LogP contribution is -2.22. The zero-order valence-corrected chi connectivity index (χ0v) is 17.6. The standard InChI is InChI=1S/C22H23N3O3S/c1-13-19-20(15-10-11-17(27-3)18(12-15)28-4)29-14(2)22(26)23-21(19)25(24-13)16-8-6-5-7-9-16/h5-12,14,20H,1-4H3,(H,23,26)/t14-,20+/m1/s1. The van der Waals surface area contributed by atoms with Gasteiger partial charge >= 0.3 is 0 Å². The molecule has 3 aromatic rings. The second kappa shape index (κ2) is 7.83. The molecule has 6 nitrogen and oxygen atoms in total. The van der Waals surface area contributed by atoms with Gasteiger partial charge in [0.15, 0.2) is 11.5 Å². The number of nitrogens with one attached hydrogen (secondary N) is 1. The third kappa shape index (κ3) is 3.46. The maximum Gasteiger partial charge on any atom is 0.238 e. The smallest absolute Gasteiger partial charge is 0.238 e. The van der Waals surface area contributed by atoms with Crippen LogP contribution in [0.5, 0.6) is 11.5 Å². The number of amides is 1. The van der Waals surface area contributed by atoms with Crippen LogP contribution in [-0.4, -0.2) is 35.2 Å². The number of nitrogens with zero attached hydrogens (tertiary/aromatic N) is 2. The molecule has 1 aromatic heterocycles. The van der Waals surface area contributed by atoms with Gasteiger partial charge in [0.1, 0.15) is 5.82 Å². The number of hydrogen-bond acceptors (Lipinski definition) is 5. The Morgan fingerprint density at radius 3 is 2.48 bits per heavy atom. The topological polar surface area (TPSA) is 65.4 Å². The van der Waals surface area contributed by atoms with E-state index in [1.165, 1.54) is 0 Å². The first-order valence-electron chi connectivity index (χ1n) is 9.36. The van der Waals surface area contributed by atoms with E-state index >= 15 is 0 Å². The van der Waals surface area contributed by atoms with Crippen molar-refractivity contribution in [3.63, 3.8) is 0 Å². The average molecular weight is 410 g/mol. The van der Waals surface area contributed by atoms with Crippen molar-refractivity contribution in [1.82, 2.24) is 9.78 Å². The summed E-state index contributed by atoms with van der Waals surface area (Å²) in [4.78, 5) is 12.8. The Kier molecular flexibility index (Phi) is 5.24. The van der Waals surface area contributed by atoms with Crippen LogP contribution in [0.4, 0.5) is 5.82 Å². The Bertz CT molecular complexity index is 1050. The maximum absolute atomic E-state index is 12.8. The molecule has 0 radical (unpaired) electrons. The zero-order chi connectivity index (χ0) is 20.5. The predicted molar refractivity (Wildman–Crippen MR) is 115 cm³/mol. The summed E-state index contributed by atoms with van der Waals surface area (Å²) in [5.41, 5.74) is 3.82. The van der Waals surface area contributed by atoms with Crippen molar-refractivity contribution in [1.29, 1.82) is 0 Å². The number of methoxy groups -OCH3 is 2. The van der Waals surface area contributed by atoms with Gasteiger partial charge in [0.05, 0.1) is 36.1 Å². The van der Waals surface area contributed by atoms with Crippen molar-refractivity contribution in [3.8, 4) is 17.2 Å². The Hall–Kier alpha value is -2.93. The molecule has 1 amide bonds. The lowest BCUT2D eigenvalue weighted by molar-refractivity contribution is -0.115. The molecule has 1 N–H and O–H groups in total. The number of para-hydroxylation sites is 1. The molecule has 2 atom stereocenters. The lowest BCUT2D eigenvalue weighted by atomic mass is 10.0. The van der Waals surface area contributed by atoms with Gasteiger partial charge in [-0.2, -0.15) is 5.10 Å². The van der Waals surface area contributed by atoms with E-state index in [1.54, 1.807) is 26.0 Å². The van der Waals surface area contributed by atoms with E-state index in [4.69, 9.17) is 14.6 Å². The van der Waals surface area contributed by atoms with Gasteiger partial charge in [-0.05, 0) is 43.7 Å². The first-order chi connectivity index (χ1) is 14.0. The average Bonchev–Trinajstić information content (AvgIpc) is 3.00. The molecule has 2 aromatic carbocycles. The highest BCUT2D eigenvalue weighted by Gasteiger charge is 2.34. The van der Waals surface area contributed by atoms with E-state index in [1.807, 2.05) is 67.1 Å². The minimum Gasteiger partial charge on any atom is -0.493 e. The van der Waals surface area contributed by atoms with Crippen LogP contribution in [0, 0.1) is 6.92 Å². The number of anilines is 1. The summed E-state index contributed by atoms with van der Waals surface area (Å²) in [5, 5.41) is 7.55. The third-order valence-electron chi connectivity index (χ3n) is 5.03. The molecule has 1 aliphatic heterocycles. The van der Waals surface area contributed by atoms with Crippen molar-refractivity contribution in [2.75, 3.05) is 19.5 Å². The number of carbonyl (C=O) groups is 1. The summed E-state index contributed by atoms with van der Waals surface area (Å²) in [7, 11) is 3.24. The molecule has 0 saturated heterocycles. The van der Waals surface area contributed by atoms with Crippen LogP contribution in [0.3, 0.4) is 0 Å². The summed E-state index contributed by atoms with van der Waals surface area (Å²) >= 11 is 1.60. The number of benzene rings is 2. The van der Waals surface area contributed by atoms with Gasteiger partial charge in [0.2, 0.25) is 5.91 Å². The number of ether oxygens (including phenoxy) is 2. The van der Waals surface area contributed by atoms with Gasteiger partial charge in [0, 0.05) is 5.56 Å². The molecule has 7 heteroatoms. The van der Waals surface area contributed by atoms with E-state index in [0.29, 0.717) is 11.5 Å². The van der Waals surface area contributed by atoms with Gasteiger partial charge < -0.3 is 14.8 Å². The number of thioether (sulfide) groups is 1. The van der Waals surface area contributed by atoms with E-state index in [-0.39, 0.29) is 16.4 Å². The second-order valence-electron chi connectivity index (χ2n) is 6.86. The molecule has 0 bridgehead atoms. The van der Waals surface area contributed by atoms with Crippen LogP contribution >= 0.6 is 11.8 Å². The van der Waals surface area contributed by atoms with Crippen LogP contribution < -0.4 is 14.8 Å². The van der Waals surface area contributed by atoms with Crippen LogP contribution in [0.2, 0.25) is 0 Å². The Labute approximate surface area is 174 Å². The molecule has 29 heavy (non-hydrogen) atoms. The lowest BCUT2D eigenvalue weighted by Gasteiger charge is -2.19. The molecule has 4 rings (SSSR count). The Morgan fingerprint density at radius 2 is 1.79 bits per heavy atom. The van der Waals surface area contributed by atoms with E-state index in [0.717, 1.165) is 28.3 Å². The van der Waals surface area contributed by atoms with Crippen LogP contribution in [-0.2, 0) is 4.79 Å². The van der Waals surface area contributed by atoms with Crippen molar-refractivity contribution in [2.24, 2.45) is 0 Å². The number of aryl methyl sites for hydroxylation is 1. The fourth-order valence-electron chi connectivity index (χ4n) is 3.54. The molecular weight excluding hydrogens is 386 g/mol. The van der Waals surface area contributed by atoms with Crippen molar-refractivity contribution < 1.29 is 14.3 Å². The van der Waals surface area contributed by atoms with Crippen molar-refractivity contribution in [2.45, 2.75) is 24.3 Å². The zero-order valence-electron chi connectivity index (χ0n) is 16.8. The van der Waals surface area contributed by atoms with Gasteiger partial charge in [-0.1, -0.05) is 24.3 Å². The highest BCUT2D eigenvalue weighted by atomic mass is 32.2. The molecule has 0 fully saturated rings. The summed E-state index contributed by atoms with van der Waals surface area (Å²) in [5.74, 6) is 2.03. The molecule has 1 aliphatic rings. The normalized spacial score (nSPS) is 18.6. The number of aromatic nitrogens is 2. The molecule has 0 spiro atoms. The minimum absolute atomic E-state index is 0.0312. The highest BCUT2D eigenvalue weighted by molar-refractivity contribution is 8.01. The first kappa shape index (κ1) is 19.4. The van der Waals surface area contributed by atoms with Gasteiger partial charge in [-0.25, -0.2) is 4.68 Å². The van der Waals surface area contributed by atoms with Gasteiger partial charge in [0.25, 0.3) is 0 Å². The van der Waals surface area contributed by atoms with Gasteiger partial charge in [-0.3, -0.25) is 4.79 Å². The van der Waals surface area contributed by atoms with Crippen molar-refractivity contribution in [3.05, 3.63) is 65.4 Å². The molecular formula is C22H23N3O3S. The number of hydrogen-bond donors (Lipinski definition) is 1. The SMILES string of the molecule is COc1ccc([C@@H]2S[C@H](C)C(=O)Nc3c2c(C)nn3-c2ccccc2)cc1OC. The molecule has 2 heterocycles. The monoisotopic (exact) mass is 409 g/mol. The summed E-state index contributed by atoms with van der Waals surface area (Å²) in [6, 6.07) is 15.7. The Balaban J connectivity index is 1.89.